The molecule has 0 saturated carbocycles. The predicted molar refractivity (Wildman–Crippen MR) is 82.7 cm³/mol. The van der Waals surface area contributed by atoms with E-state index in [1.165, 1.54) is 12.1 Å². The lowest BCUT2D eigenvalue weighted by Gasteiger charge is -2.07. The highest BCUT2D eigenvalue weighted by molar-refractivity contribution is 5.92. The normalized spacial score (nSPS) is 17.1. The smallest absolute Gasteiger partial charge is 0.273 e. The van der Waals surface area contributed by atoms with Crippen molar-refractivity contribution in [3.05, 3.63) is 53.2 Å². The average molecular weight is 334 g/mol. The van der Waals surface area contributed by atoms with Crippen LogP contribution in [0.1, 0.15) is 28.2 Å². The Balaban J connectivity index is 1.43. The first-order valence-electron chi connectivity index (χ1n) is 7.84. The summed E-state index contributed by atoms with van der Waals surface area (Å²) in [6.45, 7) is 2.40. The van der Waals surface area contributed by atoms with Crippen molar-refractivity contribution in [2.24, 2.45) is 5.92 Å². The summed E-state index contributed by atoms with van der Waals surface area (Å²) in [5, 5.41) is 6.56. The third-order valence-corrected chi connectivity index (χ3v) is 3.77. The Morgan fingerprint density at radius 2 is 2.29 bits per heavy atom. The number of hydrogen-bond acceptors (Lipinski definition) is 5. The summed E-state index contributed by atoms with van der Waals surface area (Å²) >= 11 is 0. The van der Waals surface area contributed by atoms with Gasteiger partial charge >= 0.3 is 0 Å². The lowest BCUT2D eigenvalue weighted by Crippen LogP contribution is -2.29. The highest BCUT2D eigenvalue weighted by atomic mass is 19.1. The first-order chi connectivity index (χ1) is 11.7. The van der Waals surface area contributed by atoms with Crippen molar-refractivity contribution < 1.29 is 23.2 Å². The zero-order valence-electron chi connectivity index (χ0n) is 13.2. The van der Waals surface area contributed by atoms with E-state index in [1.54, 1.807) is 18.2 Å². The number of rotatable bonds is 7. The van der Waals surface area contributed by atoms with Crippen LogP contribution in [0.2, 0.25) is 0 Å². The zero-order chi connectivity index (χ0) is 16.8. The summed E-state index contributed by atoms with van der Waals surface area (Å²) in [5.74, 6) is 0.222. The van der Waals surface area contributed by atoms with Gasteiger partial charge in [-0.1, -0.05) is 17.3 Å². The van der Waals surface area contributed by atoms with E-state index in [0.29, 0.717) is 24.8 Å². The van der Waals surface area contributed by atoms with Gasteiger partial charge in [-0.15, -0.1) is 0 Å². The maximum atomic E-state index is 13.1. The van der Waals surface area contributed by atoms with Gasteiger partial charge in [-0.05, 0) is 24.1 Å². The maximum Gasteiger partial charge on any atom is 0.273 e. The van der Waals surface area contributed by atoms with Gasteiger partial charge < -0.3 is 19.3 Å². The fourth-order valence-electron chi connectivity index (χ4n) is 2.46. The monoisotopic (exact) mass is 334 g/mol. The molecule has 7 heteroatoms. The Kier molecular flexibility index (Phi) is 5.55. The molecule has 1 atom stereocenters. The molecule has 0 bridgehead atoms. The van der Waals surface area contributed by atoms with E-state index < -0.39 is 0 Å². The van der Waals surface area contributed by atoms with Crippen LogP contribution in [0.4, 0.5) is 4.39 Å². The minimum absolute atomic E-state index is 0.160. The number of nitrogens with zero attached hydrogens (tertiary/aromatic N) is 1. The summed E-state index contributed by atoms with van der Waals surface area (Å²) in [6, 6.07) is 7.73. The van der Waals surface area contributed by atoms with Crippen LogP contribution in [0.3, 0.4) is 0 Å². The molecule has 0 radical (unpaired) electrons. The highest BCUT2D eigenvalue weighted by Gasteiger charge is 2.18. The number of nitrogens with one attached hydrogen (secondary N) is 1. The molecule has 1 fully saturated rings. The van der Waals surface area contributed by atoms with Crippen LogP contribution >= 0.6 is 0 Å². The second-order valence-electron chi connectivity index (χ2n) is 5.74. The van der Waals surface area contributed by atoms with Crippen molar-refractivity contribution in [2.75, 3.05) is 19.8 Å². The van der Waals surface area contributed by atoms with Crippen LogP contribution in [0.25, 0.3) is 0 Å². The summed E-state index contributed by atoms with van der Waals surface area (Å²) in [7, 11) is 0. The number of halogens is 1. The van der Waals surface area contributed by atoms with Crippen molar-refractivity contribution in [1.29, 1.82) is 0 Å². The summed E-state index contributed by atoms with van der Waals surface area (Å²) < 4.78 is 28.9. The Labute approximate surface area is 138 Å². The third-order valence-electron chi connectivity index (χ3n) is 3.77. The van der Waals surface area contributed by atoms with E-state index in [9.17, 15) is 9.18 Å². The van der Waals surface area contributed by atoms with Crippen LogP contribution in [-0.2, 0) is 22.7 Å². The zero-order valence-corrected chi connectivity index (χ0v) is 13.2. The molecule has 24 heavy (non-hydrogen) atoms. The molecule has 2 aromatic rings. The summed E-state index contributed by atoms with van der Waals surface area (Å²) in [5.41, 5.74) is 0.949. The van der Waals surface area contributed by atoms with Crippen molar-refractivity contribution in [2.45, 2.75) is 19.6 Å². The Hall–Kier alpha value is -2.25. The number of benzene rings is 1. The molecular weight excluding hydrogens is 315 g/mol. The molecule has 1 aromatic heterocycles. The number of ether oxygens (including phenoxy) is 2. The van der Waals surface area contributed by atoms with E-state index >= 15 is 0 Å². The topological polar surface area (TPSA) is 73.6 Å². The second-order valence-corrected chi connectivity index (χ2v) is 5.74. The average Bonchev–Trinajstić information content (AvgIpc) is 3.24. The summed E-state index contributed by atoms with van der Waals surface area (Å²) in [4.78, 5) is 12.0. The quantitative estimate of drug-likeness (QED) is 0.841. The highest BCUT2D eigenvalue weighted by Crippen LogP contribution is 2.12. The number of carbonyl (C=O) groups is 1. The van der Waals surface area contributed by atoms with Gasteiger partial charge in [0.15, 0.2) is 11.5 Å². The number of amides is 1. The van der Waals surface area contributed by atoms with E-state index in [1.807, 2.05) is 0 Å². The van der Waals surface area contributed by atoms with Gasteiger partial charge in [0, 0.05) is 25.1 Å². The van der Waals surface area contributed by atoms with E-state index in [-0.39, 0.29) is 30.6 Å². The van der Waals surface area contributed by atoms with Crippen LogP contribution in [0.15, 0.2) is 34.9 Å². The van der Waals surface area contributed by atoms with Gasteiger partial charge in [0.05, 0.1) is 13.2 Å². The molecule has 0 spiro atoms. The van der Waals surface area contributed by atoms with Crippen LogP contribution in [0, 0.1) is 11.7 Å². The predicted octanol–water partition coefficient (Wildman–Crippen LogP) is 2.30. The number of hydrogen-bond donors (Lipinski definition) is 1. The van der Waals surface area contributed by atoms with Crippen molar-refractivity contribution in [3.8, 4) is 0 Å². The molecular formula is C17H19FN2O4. The fraction of sp³-hybridized carbons (Fsp3) is 0.412. The molecule has 0 aliphatic carbocycles. The Morgan fingerprint density at radius 1 is 1.38 bits per heavy atom. The fourth-order valence-corrected chi connectivity index (χ4v) is 2.46. The lowest BCUT2D eigenvalue weighted by molar-refractivity contribution is 0.0875. The molecule has 1 aliphatic heterocycles. The summed E-state index contributed by atoms with van der Waals surface area (Å²) in [6.07, 6.45) is 0.957. The first kappa shape index (κ1) is 16.6. The van der Waals surface area contributed by atoms with Crippen molar-refractivity contribution in [1.82, 2.24) is 10.5 Å². The first-order valence-corrected chi connectivity index (χ1v) is 7.84. The van der Waals surface area contributed by atoms with Gasteiger partial charge in [0.2, 0.25) is 0 Å². The number of aromatic nitrogens is 1. The lowest BCUT2D eigenvalue weighted by atomic mass is 10.1. The minimum Gasteiger partial charge on any atom is -0.381 e. The van der Waals surface area contributed by atoms with Crippen molar-refractivity contribution in [3.63, 3.8) is 0 Å². The van der Waals surface area contributed by atoms with E-state index in [2.05, 4.69) is 10.5 Å². The molecule has 1 aliphatic rings. The Bertz CT molecular complexity index is 683. The van der Waals surface area contributed by atoms with E-state index in [4.69, 9.17) is 14.0 Å². The molecule has 1 unspecified atom stereocenters. The van der Waals surface area contributed by atoms with Gasteiger partial charge in [-0.25, -0.2) is 4.39 Å². The van der Waals surface area contributed by atoms with Gasteiger partial charge in [-0.2, -0.15) is 0 Å². The van der Waals surface area contributed by atoms with Crippen molar-refractivity contribution >= 4 is 5.91 Å². The molecule has 1 amide bonds. The number of carbonyl (C=O) groups excluding carboxylic acids is 1. The Morgan fingerprint density at radius 3 is 3.08 bits per heavy atom. The third kappa shape index (κ3) is 4.62. The minimum atomic E-state index is -0.303. The van der Waals surface area contributed by atoms with E-state index in [0.717, 1.165) is 18.6 Å². The van der Waals surface area contributed by atoms with Crippen LogP contribution in [-0.4, -0.2) is 30.8 Å². The maximum absolute atomic E-state index is 13.1. The standard InChI is InChI=1S/C17H19FN2O4/c18-14-3-1-2-12(6-14)9-23-11-15-7-16(20-24-15)17(21)19-8-13-4-5-22-10-13/h1-3,6-7,13H,4-5,8-11H2,(H,19,21). The SMILES string of the molecule is O=C(NCC1CCOC1)c1cc(COCc2cccc(F)c2)on1. The molecule has 1 N–H and O–H groups in total. The van der Waals surface area contributed by atoms with Crippen LogP contribution in [0.5, 0.6) is 0 Å². The molecule has 3 rings (SSSR count). The molecule has 6 nitrogen and oxygen atoms in total. The van der Waals surface area contributed by atoms with Gasteiger partial charge in [0.1, 0.15) is 12.4 Å². The second kappa shape index (κ2) is 8.03. The molecule has 2 heterocycles. The largest absolute Gasteiger partial charge is 0.381 e. The van der Waals surface area contributed by atoms with Crippen LogP contribution < -0.4 is 5.32 Å². The molecule has 1 saturated heterocycles. The van der Waals surface area contributed by atoms with Gasteiger partial charge in [-0.3, -0.25) is 4.79 Å². The van der Waals surface area contributed by atoms with Gasteiger partial charge in [0.25, 0.3) is 5.91 Å². The molecule has 1 aromatic carbocycles. The molecule has 128 valence electrons.